The number of piperidine rings is 3. The lowest BCUT2D eigenvalue weighted by Crippen LogP contribution is -2.58. The van der Waals surface area contributed by atoms with Crippen LogP contribution in [0.3, 0.4) is 0 Å². The molecule has 25 heavy (non-hydrogen) atoms. The second-order valence-corrected chi connectivity index (χ2v) is 7.25. The van der Waals surface area contributed by atoms with E-state index < -0.39 is 0 Å². The number of hydrogen-bond acceptors (Lipinski definition) is 4. The van der Waals surface area contributed by atoms with Crippen LogP contribution in [0.1, 0.15) is 19.8 Å². The molecule has 2 atom stereocenters. The monoisotopic (exact) mass is 334 g/mol. The molecule has 2 bridgehead atoms. The van der Waals surface area contributed by atoms with E-state index >= 15 is 0 Å². The van der Waals surface area contributed by atoms with Gasteiger partial charge in [-0.05, 0) is 62.5 Å². The van der Waals surface area contributed by atoms with Crippen molar-refractivity contribution in [3.8, 4) is 17.0 Å². The number of aromatic nitrogens is 1. The molecule has 3 aromatic rings. The van der Waals surface area contributed by atoms with Gasteiger partial charge < -0.3 is 9.15 Å². The lowest BCUT2D eigenvalue weighted by molar-refractivity contribution is -0.0525. The smallest absolute Gasteiger partial charge is 0.213 e. The first-order valence-corrected chi connectivity index (χ1v) is 9.12. The third-order valence-corrected chi connectivity index (χ3v) is 5.87. The van der Waals surface area contributed by atoms with Crippen LogP contribution in [0, 0.1) is 5.92 Å². The van der Waals surface area contributed by atoms with Gasteiger partial charge in [-0.3, -0.25) is 4.90 Å². The van der Waals surface area contributed by atoms with Crippen LogP contribution >= 0.6 is 0 Å². The van der Waals surface area contributed by atoms with E-state index in [1.807, 2.05) is 18.3 Å². The van der Waals surface area contributed by atoms with E-state index in [-0.39, 0.29) is 6.10 Å². The van der Waals surface area contributed by atoms with Crippen LogP contribution in [0.5, 0.6) is 5.88 Å². The van der Waals surface area contributed by atoms with Gasteiger partial charge in [0.15, 0.2) is 0 Å². The highest BCUT2D eigenvalue weighted by molar-refractivity contribution is 5.82. The van der Waals surface area contributed by atoms with Gasteiger partial charge in [0.05, 0.1) is 6.26 Å². The van der Waals surface area contributed by atoms with Crippen LogP contribution in [0.15, 0.2) is 53.3 Å². The Morgan fingerprint density at radius 1 is 1.08 bits per heavy atom. The highest BCUT2D eigenvalue weighted by Gasteiger charge is 2.41. The Hall–Kier alpha value is -2.33. The molecule has 0 amide bonds. The Balaban J connectivity index is 1.36. The summed E-state index contributed by atoms with van der Waals surface area (Å²) < 4.78 is 11.8. The molecular weight excluding hydrogens is 312 g/mol. The van der Waals surface area contributed by atoms with Gasteiger partial charge in [0.25, 0.3) is 0 Å². The Morgan fingerprint density at radius 3 is 2.68 bits per heavy atom. The summed E-state index contributed by atoms with van der Waals surface area (Å²) in [6.45, 7) is 4.71. The molecule has 3 aliphatic rings. The molecule has 128 valence electrons. The van der Waals surface area contributed by atoms with Crippen molar-refractivity contribution >= 4 is 11.0 Å². The lowest BCUT2D eigenvalue weighted by atomic mass is 9.81. The van der Waals surface area contributed by atoms with Crippen molar-refractivity contribution in [2.24, 2.45) is 5.92 Å². The number of rotatable bonds is 3. The summed E-state index contributed by atoms with van der Waals surface area (Å²) in [5.74, 6) is 1.40. The first-order chi connectivity index (χ1) is 12.3. The molecule has 5 heterocycles. The van der Waals surface area contributed by atoms with E-state index in [0.29, 0.717) is 12.0 Å². The quantitative estimate of drug-likeness (QED) is 0.713. The van der Waals surface area contributed by atoms with Crippen molar-refractivity contribution in [1.29, 1.82) is 0 Å². The van der Waals surface area contributed by atoms with Crippen LogP contribution in [-0.2, 0) is 0 Å². The molecule has 4 heteroatoms. The number of fused-ring (bicyclic) bond motifs is 4. The third kappa shape index (κ3) is 2.61. The lowest BCUT2D eigenvalue weighted by Gasteiger charge is -2.49. The predicted octanol–water partition coefficient (Wildman–Crippen LogP) is 4.36. The number of benzene rings is 1. The van der Waals surface area contributed by atoms with Gasteiger partial charge in [-0.2, -0.15) is 0 Å². The second-order valence-electron chi connectivity index (χ2n) is 7.25. The molecule has 0 N–H and O–H groups in total. The number of hydrogen-bond donors (Lipinski definition) is 0. The standard InChI is InChI=1S/C21H22N2O2/c1-14-21(16-6-9-23(14)10-7-16)25-20-5-4-18(13-22-20)17-3-2-15-8-11-24-19(15)12-17/h2-5,8,11-14,16,21H,6-7,9-10H2,1H3. The topological polar surface area (TPSA) is 38.5 Å². The van der Waals surface area contributed by atoms with E-state index in [1.54, 1.807) is 6.26 Å². The van der Waals surface area contributed by atoms with E-state index in [2.05, 4.69) is 41.1 Å². The molecule has 3 aliphatic heterocycles. The fourth-order valence-corrected chi connectivity index (χ4v) is 4.35. The molecule has 2 aromatic heterocycles. The largest absolute Gasteiger partial charge is 0.472 e. The van der Waals surface area contributed by atoms with Gasteiger partial charge in [0.1, 0.15) is 11.7 Å². The van der Waals surface area contributed by atoms with Gasteiger partial charge in [-0.25, -0.2) is 4.98 Å². The van der Waals surface area contributed by atoms with Crippen LogP contribution in [0.25, 0.3) is 22.1 Å². The maximum Gasteiger partial charge on any atom is 0.213 e. The summed E-state index contributed by atoms with van der Waals surface area (Å²) in [5, 5.41) is 1.12. The van der Waals surface area contributed by atoms with E-state index in [1.165, 1.54) is 25.9 Å². The summed E-state index contributed by atoms with van der Waals surface area (Å²) in [5.41, 5.74) is 3.09. The van der Waals surface area contributed by atoms with Crippen molar-refractivity contribution in [3.63, 3.8) is 0 Å². The van der Waals surface area contributed by atoms with Gasteiger partial charge >= 0.3 is 0 Å². The number of nitrogens with zero attached hydrogens (tertiary/aromatic N) is 2. The van der Waals surface area contributed by atoms with Crippen LogP contribution < -0.4 is 4.74 Å². The fourth-order valence-electron chi connectivity index (χ4n) is 4.35. The van der Waals surface area contributed by atoms with E-state index in [0.717, 1.165) is 28.0 Å². The van der Waals surface area contributed by atoms with Gasteiger partial charge in [0.2, 0.25) is 5.88 Å². The molecule has 0 spiro atoms. The highest BCUT2D eigenvalue weighted by Crippen LogP contribution is 2.35. The molecular formula is C21H22N2O2. The number of furan rings is 1. The zero-order valence-corrected chi connectivity index (χ0v) is 14.4. The Kier molecular flexibility index (Phi) is 3.52. The third-order valence-electron chi connectivity index (χ3n) is 5.87. The summed E-state index contributed by atoms with van der Waals surface area (Å²) in [6.07, 6.45) is 6.37. The Morgan fingerprint density at radius 2 is 1.92 bits per heavy atom. The van der Waals surface area contributed by atoms with Crippen LogP contribution in [0.2, 0.25) is 0 Å². The molecule has 0 saturated carbocycles. The van der Waals surface area contributed by atoms with Crippen molar-refractivity contribution in [2.45, 2.75) is 31.9 Å². The zero-order valence-electron chi connectivity index (χ0n) is 14.4. The SMILES string of the molecule is CC1C(Oc2ccc(-c3ccc4ccoc4c3)cn2)C2CCN1CC2. The highest BCUT2D eigenvalue weighted by atomic mass is 16.5. The molecule has 2 unspecified atom stereocenters. The molecule has 0 radical (unpaired) electrons. The van der Waals surface area contributed by atoms with Gasteiger partial charge in [-0.15, -0.1) is 0 Å². The Bertz CT molecular complexity index is 876. The average molecular weight is 334 g/mol. The van der Waals surface area contributed by atoms with Gasteiger partial charge in [-0.1, -0.05) is 12.1 Å². The minimum atomic E-state index is 0.264. The summed E-state index contributed by atoms with van der Waals surface area (Å²) in [4.78, 5) is 7.10. The first kappa shape index (κ1) is 15.0. The molecule has 6 rings (SSSR count). The van der Waals surface area contributed by atoms with Crippen molar-refractivity contribution in [2.75, 3.05) is 13.1 Å². The van der Waals surface area contributed by atoms with Gasteiger partial charge in [0, 0.05) is 29.3 Å². The maximum absolute atomic E-state index is 6.28. The maximum atomic E-state index is 6.28. The summed E-state index contributed by atoms with van der Waals surface area (Å²) in [6, 6.07) is 12.8. The van der Waals surface area contributed by atoms with Crippen molar-refractivity contribution in [1.82, 2.24) is 9.88 Å². The minimum Gasteiger partial charge on any atom is -0.472 e. The number of pyridine rings is 1. The van der Waals surface area contributed by atoms with Crippen LogP contribution in [0.4, 0.5) is 0 Å². The normalized spacial score (nSPS) is 28.4. The molecule has 4 nitrogen and oxygen atoms in total. The Labute approximate surface area is 147 Å². The molecule has 0 aliphatic carbocycles. The predicted molar refractivity (Wildman–Crippen MR) is 97.6 cm³/mol. The van der Waals surface area contributed by atoms with E-state index in [9.17, 15) is 0 Å². The average Bonchev–Trinajstić information content (AvgIpc) is 3.13. The van der Waals surface area contributed by atoms with Crippen molar-refractivity contribution < 1.29 is 9.15 Å². The molecule has 3 fully saturated rings. The second kappa shape index (κ2) is 5.88. The molecule has 3 saturated heterocycles. The number of ether oxygens (including phenoxy) is 1. The fraction of sp³-hybridized carbons (Fsp3) is 0.381. The first-order valence-electron chi connectivity index (χ1n) is 9.12. The summed E-state index contributed by atoms with van der Waals surface area (Å²) in [7, 11) is 0. The summed E-state index contributed by atoms with van der Waals surface area (Å²) >= 11 is 0. The van der Waals surface area contributed by atoms with Crippen LogP contribution in [-0.4, -0.2) is 35.1 Å². The zero-order chi connectivity index (χ0) is 16.8. The van der Waals surface area contributed by atoms with E-state index in [4.69, 9.17) is 9.15 Å². The minimum absolute atomic E-state index is 0.264. The van der Waals surface area contributed by atoms with Crippen molar-refractivity contribution in [3.05, 3.63) is 48.9 Å². The molecule has 1 aromatic carbocycles.